The molecule has 1 saturated heterocycles. The number of hydrogen-bond acceptors (Lipinski definition) is 4. The molecule has 29 heavy (non-hydrogen) atoms. The van der Waals surface area contributed by atoms with Crippen LogP contribution in [-0.2, 0) is 11.3 Å². The van der Waals surface area contributed by atoms with Crippen molar-refractivity contribution in [2.45, 2.75) is 19.9 Å². The van der Waals surface area contributed by atoms with Crippen molar-refractivity contribution in [2.75, 3.05) is 33.4 Å². The molecule has 6 nitrogen and oxygen atoms in total. The monoisotopic (exact) mass is 514 g/mol. The number of nitrogens with zero attached hydrogens (tertiary/aromatic N) is 3. The molecule has 2 aromatic rings. The number of guanidine groups is 1. The van der Waals surface area contributed by atoms with Gasteiger partial charge in [-0.3, -0.25) is 0 Å². The Balaban J connectivity index is 0.00000300. The first-order valence-electron chi connectivity index (χ1n) is 9.60. The number of pyridine rings is 1. The van der Waals surface area contributed by atoms with Gasteiger partial charge in [-0.1, -0.05) is 12.1 Å². The summed E-state index contributed by atoms with van der Waals surface area (Å²) < 4.78 is 24.7. The Hall–Kier alpha value is -1.94. The average molecular weight is 514 g/mol. The third-order valence-electron chi connectivity index (χ3n) is 4.51. The maximum absolute atomic E-state index is 13.4. The quantitative estimate of drug-likeness (QED) is 0.343. The molecule has 1 aliphatic heterocycles. The van der Waals surface area contributed by atoms with Crippen LogP contribution in [0.15, 0.2) is 47.6 Å². The zero-order valence-corrected chi connectivity index (χ0v) is 19.1. The Labute approximate surface area is 188 Å². The van der Waals surface area contributed by atoms with Gasteiger partial charge in [0.15, 0.2) is 5.96 Å². The Morgan fingerprint density at radius 3 is 2.97 bits per heavy atom. The number of aromatic nitrogens is 1. The number of hydrogen-bond donors (Lipinski definition) is 1. The fourth-order valence-corrected chi connectivity index (χ4v) is 3.11. The lowest BCUT2D eigenvalue weighted by Crippen LogP contribution is -2.41. The molecule has 0 bridgehead atoms. The Morgan fingerprint density at radius 2 is 2.24 bits per heavy atom. The first-order chi connectivity index (χ1) is 13.7. The van der Waals surface area contributed by atoms with Crippen molar-refractivity contribution >= 4 is 29.9 Å². The van der Waals surface area contributed by atoms with Crippen LogP contribution in [0, 0.1) is 11.7 Å². The normalized spacial score (nSPS) is 16.2. The van der Waals surface area contributed by atoms with Gasteiger partial charge in [0.1, 0.15) is 11.6 Å². The molecular weight excluding hydrogens is 486 g/mol. The molecule has 1 aromatic heterocycles. The minimum absolute atomic E-state index is 0. The zero-order chi connectivity index (χ0) is 19.8. The van der Waals surface area contributed by atoms with E-state index in [1.165, 1.54) is 12.1 Å². The summed E-state index contributed by atoms with van der Waals surface area (Å²) in [6.45, 7) is 5.77. The molecule has 158 valence electrons. The standard InChI is InChI=1S/C21H27FN4O2.HI/c1-3-23-21(26(2)14-16-9-11-27-15-16)25-13-17-6-5-10-24-20(17)28-19-8-4-7-18(22)12-19;/h4-8,10,12,16H,3,9,11,13-15H2,1-2H3,(H,23,25);1H. The van der Waals surface area contributed by atoms with Gasteiger partial charge in [0, 0.05) is 50.5 Å². The molecule has 3 rings (SSSR count). The molecule has 1 fully saturated rings. The topological polar surface area (TPSA) is 59.0 Å². The van der Waals surface area contributed by atoms with Gasteiger partial charge in [-0.2, -0.15) is 0 Å². The van der Waals surface area contributed by atoms with Crippen molar-refractivity contribution in [1.29, 1.82) is 0 Å². The summed E-state index contributed by atoms with van der Waals surface area (Å²) in [7, 11) is 2.03. The van der Waals surface area contributed by atoms with Crippen LogP contribution in [0.3, 0.4) is 0 Å². The number of ether oxygens (including phenoxy) is 2. The largest absolute Gasteiger partial charge is 0.439 e. The first kappa shape index (κ1) is 23.3. The minimum atomic E-state index is -0.347. The summed E-state index contributed by atoms with van der Waals surface area (Å²) in [6, 6.07) is 9.78. The molecule has 1 unspecified atom stereocenters. The van der Waals surface area contributed by atoms with Gasteiger partial charge in [-0.05, 0) is 31.5 Å². The molecule has 1 aliphatic rings. The van der Waals surface area contributed by atoms with Crippen molar-refractivity contribution in [2.24, 2.45) is 10.9 Å². The van der Waals surface area contributed by atoms with E-state index in [2.05, 4.69) is 15.2 Å². The maximum atomic E-state index is 13.4. The van der Waals surface area contributed by atoms with E-state index in [9.17, 15) is 4.39 Å². The summed E-state index contributed by atoms with van der Waals surface area (Å²) in [5.74, 6) is 1.85. The molecule has 0 aliphatic carbocycles. The summed E-state index contributed by atoms with van der Waals surface area (Å²) in [6.07, 6.45) is 2.73. The highest BCUT2D eigenvalue weighted by Gasteiger charge is 2.19. The van der Waals surface area contributed by atoms with Gasteiger partial charge in [0.2, 0.25) is 5.88 Å². The van der Waals surface area contributed by atoms with E-state index >= 15 is 0 Å². The van der Waals surface area contributed by atoms with E-state index in [0.29, 0.717) is 24.1 Å². The van der Waals surface area contributed by atoms with Crippen LogP contribution in [0.2, 0.25) is 0 Å². The molecular formula is C21H28FIN4O2. The number of benzene rings is 1. The van der Waals surface area contributed by atoms with E-state index < -0.39 is 0 Å². The smallest absolute Gasteiger partial charge is 0.224 e. The molecule has 0 amide bonds. The lowest BCUT2D eigenvalue weighted by Gasteiger charge is -2.24. The molecule has 1 aromatic carbocycles. The third-order valence-corrected chi connectivity index (χ3v) is 4.51. The summed E-state index contributed by atoms with van der Waals surface area (Å²) in [4.78, 5) is 11.2. The van der Waals surface area contributed by atoms with E-state index in [-0.39, 0.29) is 29.8 Å². The van der Waals surface area contributed by atoms with Crippen LogP contribution in [-0.4, -0.2) is 49.2 Å². The van der Waals surface area contributed by atoms with Crippen LogP contribution in [0.5, 0.6) is 11.6 Å². The average Bonchev–Trinajstić information content (AvgIpc) is 3.19. The first-order valence-corrected chi connectivity index (χ1v) is 9.60. The van der Waals surface area contributed by atoms with Gasteiger partial charge >= 0.3 is 0 Å². The van der Waals surface area contributed by atoms with Crippen LogP contribution < -0.4 is 10.1 Å². The van der Waals surface area contributed by atoms with Crippen LogP contribution >= 0.6 is 24.0 Å². The highest BCUT2D eigenvalue weighted by molar-refractivity contribution is 14.0. The molecule has 2 heterocycles. The number of halogens is 2. The van der Waals surface area contributed by atoms with Crippen molar-refractivity contribution in [3.05, 3.63) is 54.0 Å². The van der Waals surface area contributed by atoms with Crippen molar-refractivity contribution < 1.29 is 13.9 Å². The third kappa shape index (κ3) is 7.11. The number of rotatable bonds is 7. The second-order valence-electron chi connectivity index (χ2n) is 6.81. The van der Waals surface area contributed by atoms with E-state index in [4.69, 9.17) is 14.5 Å². The molecule has 8 heteroatoms. The summed E-state index contributed by atoms with van der Waals surface area (Å²) in [5.41, 5.74) is 0.833. The fourth-order valence-electron chi connectivity index (χ4n) is 3.11. The highest BCUT2D eigenvalue weighted by atomic mass is 127. The Morgan fingerprint density at radius 1 is 1.38 bits per heavy atom. The molecule has 0 saturated carbocycles. The van der Waals surface area contributed by atoms with Gasteiger partial charge in [-0.25, -0.2) is 14.4 Å². The van der Waals surface area contributed by atoms with Gasteiger partial charge < -0.3 is 19.7 Å². The minimum Gasteiger partial charge on any atom is -0.439 e. The van der Waals surface area contributed by atoms with Crippen molar-refractivity contribution in [1.82, 2.24) is 15.2 Å². The predicted molar refractivity (Wildman–Crippen MR) is 122 cm³/mol. The van der Waals surface area contributed by atoms with Crippen LogP contribution in [0.4, 0.5) is 4.39 Å². The number of nitrogens with one attached hydrogen (secondary N) is 1. The molecule has 1 atom stereocenters. The van der Waals surface area contributed by atoms with Crippen LogP contribution in [0.1, 0.15) is 18.9 Å². The lowest BCUT2D eigenvalue weighted by molar-refractivity contribution is 0.181. The van der Waals surface area contributed by atoms with Gasteiger partial charge in [-0.15, -0.1) is 24.0 Å². The maximum Gasteiger partial charge on any atom is 0.224 e. The Bertz CT molecular complexity index is 800. The van der Waals surface area contributed by atoms with Crippen LogP contribution in [0.25, 0.3) is 0 Å². The van der Waals surface area contributed by atoms with Crippen molar-refractivity contribution in [3.63, 3.8) is 0 Å². The van der Waals surface area contributed by atoms with Gasteiger partial charge in [0.05, 0.1) is 13.2 Å². The zero-order valence-electron chi connectivity index (χ0n) is 16.8. The van der Waals surface area contributed by atoms with E-state index in [1.54, 1.807) is 18.3 Å². The SMILES string of the molecule is CCNC(=NCc1cccnc1Oc1cccc(F)c1)N(C)CC1CCOC1.I. The summed E-state index contributed by atoms with van der Waals surface area (Å²) >= 11 is 0. The van der Waals surface area contributed by atoms with E-state index in [1.807, 2.05) is 26.1 Å². The molecule has 1 N–H and O–H groups in total. The second kappa shape index (κ2) is 11.9. The fraction of sp³-hybridized carbons (Fsp3) is 0.429. The number of aliphatic imine (C=N–C) groups is 1. The Kier molecular flexibility index (Phi) is 9.59. The second-order valence-corrected chi connectivity index (χ2v) is 6.81. The van der Waals surface area contributed by atoms with Gasteiger partial charge in [0.25, 0.3) is 0 Å². The molecule has 0 radical (unpaired) electrons. The van der Waals surface area contributed by atoms with E-state index in [0.717, 1.165) is 44.2 Å². The summed E-state index contributed by atoms with van der Waals surface area (Å²) in [5, 5.41) is 3.33. The highest BCUT2D eigenvalue weighted by Crippen LogP contribution is 2.24. The van der Waals surface area contributed by atoms with Crippen molar-refractivity contribution in [3.8, 4) is 11.6 Å². The molecule has 0 spiro atoms. The lowest BCUT2D eigenvalue weighted by atomic mass is 10.1. The predicted octanol–water partition coefficient (Wildman–Crippen LogP) is 4.06.